The molecule has 0 aromatic heterocycles. The summed E-state index contributed by atoms with van der Waals surface area (Å²) in [7, 11) is 0. The molecule has 94 valence electrons. The van der Waals surface area contributed by atoms with Crippen LogP contribution in [-0.4, -0.2) is 36.5 Å². The number of likely N-dealkylation sites (tertiary alicyclic amines) is 1. The van der Waals surface area contributed by atoms with E-state index in [9.17, 15) is 4.79 Å². The summed E-state index contributed by atoms with van der Waals surface area (Å²) in [6.45, 7) is 9.59. The molecule has 1 rings (SSSR count). The van der Waals surface area contributed by atoms with E-state index in [0.29, 0.717) is 17.9 Å². The van der Waals surface area contributed by atoms with Gasteiger partial charge in [-0.15, -0.1) is 0 Å². The van der Waals surface area contributed by atoms with Crippen molar-refractivity contribution in [2.75, 3.05) is 19.6 Å². The number of hydrogen-bond acceptors (Lipinski definition) is 2. The topological polar surface area (TPSA) is 32.3 Å². The molecule has 16 heavy (non-hydrogen) atoms. The molecule has 1 fully saturated rings. The van der Waals surface area contributed by atoms with E-state index in [1.165, 1.54) is 6.42 Å². The Morgan fingerprint density at radius 2 is 2.06 bits per heavy atom. The monoisotopic (exact) mass is 226 g/mol. The van der Waals surface area contributed by atoms with Gasteiger partial charge >= 0.3 is 0 Å². The van der Waals surface area contributed by atoms with Crippen LogP contribution >= 0.6 is 0 Å². The third-order valence-corrected chi connectivity index (χ3v) is 3.49. The van der Waals surface area contributed by atoms with Crippen molar-refractivity contribution in [1.29, 1.82) is 0 Å². The normalized spacial score (nSPS) is 19.2. The van der Waals surface area contributed by atoms with Crippen molar-refractivity contribution in [2.24, 2.45) is 5.92 Å². The van der Waals surface area contributed by atoms with Gasteiger partial charge in [-0.3, -0.25) is 4.79 Å². The van der Waals surface area contributed by atoms with E-state index >= 15 is 0 Å². The molecule has 1 saturated heterocycles. The summed E-state index contributed by atoms with van der Waals surface area (Å²) in [5.41, 5.74) is 0. The minimum Gasteiger partial charge on any atom is -0.343 e. The standard InChI is InChI=1S/C13H26N2O/c1-11(2)12(3)14-8-6-10-15-9-5-4-7-13(15)16/h11-12,14H,4-10H2,1-3H3. The smallest absolute Gasteiger partial charge is 0.222 e. The van der Waals surface area contributed by atoms with E-state index in [2.05, 4.69) is 26.1 Å². The Morgan fingerprint density at radius 3 is 2.69 bits per heavy atom. The number of nitrogens with one attached hydrogen (secondary N) is 1. The van der Waals surface area contributed by atoms with Gasteiger partial charge in [-0.25, -0.2) is 0 Å². The van der Waals surface area contributed by atoms with Gasteiger partial charge < -0.3 is 10.2 Å². The molecule has 0 bridgehead atoms. The fraction of sp³-hybridized carbons (Fsp3) is 0.923. The van der Waals surface area contributed by atoms with Crippen LogP contribution in [0.3, 0.4) is 0 Å². The van der Waals surface area contributed by atoms with Gasteiger partial charge in [0.05, 0.1) is 0 Å². The molecular formula is C13H26N2O. The van der Waals surface area contributed by atoms with Crippen LogP contribution in [0.4, 0.5) is 0 Å². The zero-order chi connectivity index (χ0) is 12.0. The second kappa shape index (κ2) is 6.89. The van der Waals surface area contributed by atoms with Crippen LogP contribution in [0.2, 0.25) is 0 Å². The highest BCUT2D eigenvalue weighted by Crippen LogP contribution is 2.10. The van der Waals surface area contributed by atoms with Gasteiger partial charge in [-0.2, -0.15) is 0 Å². The molecule has 1 aliphatic heterocycles. The Bertz CT molecular complexity index is 216. The van der Waals surface area contributed by atoms with Crippen molar-refractivity contribution >= 4 is 5.91 Å². The third-order valence-electron chi connectivity index (χ3n) is 3.49. The lowest BCUT2D eigenvalue weighted by Gasteiger charge is -2.27. The Kier molecular flexibility index (Phi) is 5.81. The van der Waals surface area contributed by atoms with E-state index in [1.54, 1.807) is 0 Å². The summed E-state index contributed by atoms with van der Waals surface area (Å²) in [6, 6.07) is 0.567. The van der Waals surface area contributed by atoms with E-state index < -0.39 is 0 Å². The lowest BCUT2D eigenvalue weighted by molar-refractivity contribution is -0.133. The molecule has 0 aromatic carbocycles. The first-order valence-electron chi connectivity index (χ1n) is 6.62. The minimum absolute atomic E-state index is 0.350. The maximum Gasteiger partial charge on any atom is 0.222 e. The number of carbonyl (C=O) groups excluding carboxylic acids is 1. The summed E-state index contributed by atoms with van der Waals surface area (Å²) >= 11 is 0. The fourth-order valence-corrected chi connectivity index (χ4v) is 1.93. The van der Waals surface area contributed by atoms with Crippen LogP contribution in [0.15, 0.2) is 0 Å². The molecule has 1 aliphatic rings. The van der Waals surface area contributed by atoms with Crippen molar-refractivity contribution < 1.29 is 4.79 Å². The molecule has 1 N–H and O–H groups in total. The van der Waals surface area contributed by atoms with Crippen LogP contribution in [0, 0.1) is 5.92 Å². The molecule has 0 saturated carbocycles. The van der Waals surface area contributed by atoms with Gasteiger partial charge in [0.2, 0.25) is 5.91 Å². The molecule has 3 heteroatoms. The minimum atomic E-state index is 0.350. The molecular weight excluding hydrogens is 200 g/mol. The number of rotatable bonds is 6. The fourth-order valence-electron chi connectivity index (χ4n) is 1.93. The van der Waals surface area contributed by atoms with E-state index in [0.717, 1.165) is 38.9 Å². The van der Waals surface area contributed by atoms with Crippen molar-refractivity contribution in [2.45, 2.75) is 52.5 Å². The molecule has 1 unspecified atom stereocenters. The summed E-state index contributed by atoms with van der Waals surface area (Å²) in [4.78, 5) is 13.6. The number of hydrogen-bond donors (Lipinski definition) is 1. The quantitative estimate of drug-likeness (QED) is 0.703. The molecule has 1 atom stereocenters. The number of piperidine rings is 1. The van der Waals surface area contributed by atoms with Crippen LogP contribution < -0.4 is 5.32 Å². The van der Waals surface area contributed by atoms with Gasteiger partial charge in [0.15, 0.2) is 0 Å². The first-order chi connectivity index (χ1) is 7.61. The molecule has 3 nitrogen and oxygen atoms in total. The summed E-state index contributed by atoms with van der Waals surface area (Å²) in [5, 5.41) is 3.50. The van der Waals surface area contributed by atoms with Gasteiger partial charge in [-0.05, 0) is 38.6 Å². The second-order valence-electron chi connectivity index (χ2n) is 5.18. The van der Waals surface area contributed by atoms with Crippen LogP contribution in [-0.2, 0) is 4.79 Å². The van der Waals surface area contributed by atoms with Gasteiger partial charge in [0.1, 0.15) is 0 Å². The van der Waals surface area contributed by atoms with Crippen molar-refractivity contribution in [3.05, 3.63) is 0 Å². The SMILES string of the molecule is CC(C)C(C)NCCCN1CCCCC1=O. The highest BCUT2D eigenvalue weighted by molar-refractivity contribution is 5.76. The third kappa shape index (κ3) is 4.52. The molecule has 0 radical (unpaired) electrons. The molecule has 1 heterocycles. The van der Waals surface area contributed by atoms with Gasteiger partial charge in [0.25, 0.3) is 0 Å². The summed E-state index contributed by atoms with van der Waals surface area (Å²) in [6.07, 6.45) is 4.10. The Labute approximate surface area is 99.6 Å². The first kappa shape index (κ1) is 13.5. The van der Waals surface area contributed by atoms with Crippen molar-refractivity contribution in [3.8, 4) is 0 Å². The Morgan fingerprint density at radius 1 is 1.31 bits per heavy atom. The van der Waals surface area contributed by atoms with Crippen molar-refractivity contribution in [3.63, 3.8) is 0 Å². The van der Waals surface area contributed by atoms with E-state index in [1.807, 2.05) is 4.90 Å². The maximum atomic E-state index is 11.5. The van der Waals surface area contributed by atoms with Gasteiger partial charge in [-0.1, -0.05) is 13.8 Å². The van der Waals surface area contributed by atoms with Crippen LogP contribution in [0.1, 0.15) is 46.5 Å². The first-order valence-corrected chi connectivity index (χ1v) is 6.62. The zero-order valence-corrected chi connectivity index (χ0v) is 11.0. The highest BCUT2D eigenvalue weighted by Gasteiger charge is 2.16. The Balaban J connectivity index is 2.08. The lowest BCUT2D eigenvalue weighted by Crippen LogP contribution is -2.38. The predicted molar refractivity (Wildman–Crippen MR) is 67.4 cm³/mol. The molecule has 0 aromatic rings. The highest BCUT2D eigenvalue weighted by atomic mass is 16.2. The summed E-state index contributed by atoms with van der Waals surface area (Å²) in [5.74, 6) is 1.03. The predicted octanol–water partition coefficient (Wildman–Crippen LogP) is 2.02. The second-order valence-corrected chi connectivity index (χ2v) is 5.18. The number of nitrogens with zero attached hydrogens (tertiary/aromatic N) is 1. The largest absolute Gasteiger partial charge is 0.343 e. The van der Waals surface area contributed by atoms with Crippen LogP contribution in [0.25, 0.3) is 0 Å². The zero-order valence-electron chi connectivity index (χ0n) is 11.0. The number of carbonyl (C=O) groups is 1. The average molecular weight is 226 g/mol. The van der Waals surface area contributed by atoms with Crippen LogP contribution in [0.5, 0.6) is 0 Å². The lowest BCUT2D eigenvalue weighted by atomic mass is 10.1. The van der Waals surface area contributed by atoms with Gasteiger partial charge in [0, 0.05) is 25.6 Å². The molecule has 0 aliphatic carbocycles. The van der Waals surface area contributed by atoms with E-state index in [4.69, 9.17) is 0 Å². The molecule has 1 amide bonds. The van der Waals surface area contributed by atoms with E-state index in [-0.39, 0.29) is 0 Å². The summed E-state index contributed by atoms with van der Waals surface area (Å²) < 4.78 is 0. The Hall–Kier alpha value is -0.570. The molecule has 0 spiro atoms. The van der Waals surface area contributed by atoms with Crippen molar-refractivity contribution in [1.82, 2.24) is 10.2 Å². The average Bonchev–Trinajstić information content (AvgIpc) is 2.26. The maximum absolute atomic E-state index is 11.5. The number of amides is 1.